The minimum Gasteiger partial charge on any atom is -0.507 e. The first-order valence-electron chi connectivity index (χ1n) is 14.8. The number of hydrogen-bond donors (Lipinski definition) is 6. The Kier molecular flexibility index (Phi) is 7.65. The molecule has 8 bridgehead atoms. The Morgan fingerprint density at radius 3 is 1.07 bits per heavy atom. The highest BCUT2D eigenvalue weighted by Gasteiger charge is 2.22. The van der Waals surface area contributed by atoms with E-state index in [-0.39, 0.29) is 65.4 Å². The van der Waals surface area contributed by atoms with Crippen molar-refractivity contribution in [2.45, 2.75) is 39.5 Å². The highest BCUT2D eigenvalue weighted by atomic mass is 16.4. The number of carboxylic acids is 2. The Hall–Kier alpha value is -5.76. The van der Waals surface area contributed by atoms with Crippen LogP contribution in [-0.2, 0) is 25.7 Å². The summed E-state index contributed by atoms with van der Waals surface area (Å²) in [5.41, 5.74) is 6.83. The number of benzene rings is 5. The minimum atomic E-state index is -1.19. The van der Waals surface area contributed by atoms with Crippen LogP contribution in [0.3, 0.4) is 0 Å². The first kappa shape index (κ1) is 30.3. The van der Waals surface area contributed by atoms with Crippen LogP contribution < -0.4 is 0 Å². The van der Waals surface area contributed by atoms with E-state index in [2.05, 4.69) is 0 Å². The molecular weight excluding hydrogens is 584 g/mol. The fourth-order valence-corrected chi connectivity index (χ4v) is 6.38. The largest absolute Gasteiger partial charge is 0.507 e. The SMILES string of the molecule is Cc1cc2c(O)c(c1)Cc1cc(C(=O)O)cc(c1O)Cc1cc(-c3ccc(C(=O)O)cc3)cc(c1O)Cc1cc(C)cc(c1O)C2. The molecule has 0 fully saturated rings. The Bertz CT molecular complexity index is 2060. The van der Waals surface area contributed by atoms with Crippen molar-refractivity contribution in [3.8, 4) is 34.1 Å². The Balaban J connectivity index is 1.62. The molecule has 6 N–H and O–H groups in total. The fourth-order valence-electron chi connectivity index (χ4n) is 6.38. The number of rotatable bonds is 3. The summed E-state index contributed by atoms with van der Waals surface area (Å²) in [6.07, 6.45) is 0.354. The van der Waals surface area contributed by atoms with Gasteiger partial charge in [-0.1, -0.05) is 47.5 Å². The molecule has 0 heterocycles. The highest BCUT2D eigenvalue weighted by Crippen LogP contribution is 2.40. The van der Waals surface area contributed by atoms with Crippen LogP contribution in [-0.4, -0.2) is 42.6 Å². The fraction of sp³-hybridized carbons (Fsp3) is 0.158. The zero-order valence-corrected chi connectivity index (χ0v) is 25.3. The first-order chi connectivity index (χ1) is 21.9. The second-order valence-corrected chi connectivity index (χ2v) is 12.0. The Morgan fingerprint density at radius 1 is 0.435 bits per heavy atom. The number of carboxylic acid groups (broad SMARTS) is 2. The van der Waals surface area contributed by atoms with E-state index in [1.54, 1.807) is 30.3 Å². The van der Waals surface area contributed by atoms with E-state index in [9.17, 15) is 40.2 Å². The molecule has 1 aliphatic carbocycles. The minimum absolute atomic E-state index is 0.00301. The van der Waals surface area contributed by atoms with Gasteiger partial charge < -0.3 is 30.6 Å². The summed E-state index contributed by atoms with van der Waals surface area (Å²) < 4.78 is 0. The summed E-state index contributed by atoms with van der Waals surface area (Å²) >= 11 is 0. The zero-order chi connectivity index (χ0) is 32.9. The third kappa shape index (κ3) is 5.73. The van der Waals surface area contributed by atoms with Crippen LogP contribution in [0.4, 0.5) is 0 Å². The maximum Gasteiger partial charge on any atom is 0.335 e. The van der Waals surface area contributed by atoms with Crippen LogP contribution in [0.25, 0.3) is 11.1 Å². The number of fused-ring (bicyclic) bond motifs is 8. The van der Waals surface area contributed by atoms with Gasteiger partial charge in [-0.3, -0.25) is 0 Å². The molecule has 0 aromatic heterocycles. The smallest absolute Gasteiger partial charge is 0.335 e. The molecule has 0 saturated carbocycles. The van der Waals surface area contributed by atoms with E-state index < -0.39 is 11.9 Å². The van der Waals surface area contributed by atoms with Crippen molar-refractivity contribution in [3.63, 3.8) is 0 Å². The van der Waals surface area contributed by atoms with Gasteiger partial charge in [-0.15, -0.1) is 0 Å². The molecule has 232 valence electrons. The second kappa shape index (κ2) is 11.6. The van der Waals surface area contributed by atoms with Gasteiger partial charge >= 0.3 is 11.9 Å². The molecule has 1 aliphatic rings. The average Bonchev–Trinajstić information content (AvgIpc) is 3.00. The summed E-state index contributed by atoms with van der Waals surface area (Å²) in [6.45, 7) is 3.79. The predicted molar refractivity (Wildman–Crippen MR) is 172 cm³/mol. The lowest BCUT2D eigenvalue weighted by atomic mass is 9.88. The molecule has 0 spiro atoms. The average molecular weight is 617 g/mol. The monoisotopic (exact) mass is 616 g/mol. The van der Waals surface area contributed by atoms with Crippen molar-refractivity contribution in [3.05, 3.63) is 140 Å². The quantitative estimate of drug-likeness (QED) is 0.126. The number of aromatic carboxylic acids is 2. The molecule has 46 heavy (non-hydrogen) atoms. The maximum absolute atomic E-state index is 12.2. The van der Waals surface area contributed by atoms with E-state index in [0.717, 1.165) is 11.1 Å². The van der Waals surface area contributed by atoms with Gasteiger partial charge in [0, 0.05) is 25.7 Å². The van der Waals surface area contributed by atoms with Gasteiger partial charge in [0.05, 0.1) is 11.1 Å². The summed E-state index contributed by atoms with van der Waals surface area (Å²) in [5, 5.41) is 65.3. The van der Waals surface area contributed by atoms with Crippen molar-refractivity contribution in [2.24, 2.45) is 0 Å². The van der Waals surface area contributed by atoms with Crippen molar-refractivity contribution in [1.82, 2.24) is 0 Å². The van der Waals surface area contributed by atoms with Crippen molar-refractivity contribution < 1.29 is 40.2 Å². The topological polar surface area (TPSA) is 156 Å². The first-order valence-corrected chi connectivity index (χ1v) is 14.8. The van der Waals surface area contributed by atoms with E-state index >= 15 is 0 Å². The summed E-state index contributed by atoms with van der Waals surface area (Å²) in [5.74, 6) is -2.41. The third-order valence-electron chi connectivity index (χ3n) is 8.60. The van der Waals surface area contributed by atoms with Crippen molar-refractivity contribution in [1.29, 1.82) is 0 Å². The molecule has 5 aromatic rings. The second-order valence-electron chi connectivity index (χ2n) is 12.0. The summed E-state index contributed by atoms with van der Waals surface area (Å²) in [6, 6.07) is 19.9. The molecule has 0 radical (unpaired) electrons. The third-order valence-corrected chi connectivity index (χ3v) is 8.60. The van der Waals surface area contributed by atoms with E-state index in [1.807, 2.05) is 32.0 Å². The highest BCUT2D eigenvalue weighted by molar-refractivity contribution is 5.89. The summed E-state index contributed by atoms with van der Waals surface area (Å²) in [4.78, 5) is 23.6. The van der Waals surface area contributed by atoms with Crippen LogP contribution in [0.2, 0.25) is 0 Å². The van der Waals surface area contributed by atoms with E-state index in [0.29, 0.717) is 50.1 Å². The molecule has 0 saturated heterocycles. The number of aryl methyl sites for hydroxylation is 2. The van der Waals surface area contributed by atoms with Gasteiger partial charge in [0.2, 0.25) is 0 Å². The number of phenolic OH excluding ortho intramolecular Hbond substituents is 4. The Labute approximate surface area is 265 Å². The van der Waals surface area contributed by atoms with Gasteiger partial charge in [0.15, 0.2) is 0 Å². The van der Waals surface area contributed by atoms with Gasteiger partial charge in [-0.05, 0) is 106 Å². The number of phenols is 4. The molecule has 8 heteroatoms. The molecule has 0 unspecified atom stereocenters. The molecule has 5 aromatic carbocycles. The lowest BCUT2D eigenvalue weighted by Gasteiger charge is -2.19. The van der Waals surface area contributed by atoms with Crippen LogP contribution in [0.15, 0.2) is 72.8 Å². The molecule has 8 nitrogen and oxygen atoms in total. The van der Waals surface area contributed by atoms with E-state index in [1.165, 1.54) is 24.3 Å². The van der Waals surface area contributed by atoms with E-state index in [4.69, 9.17) is 0 Å². The van der Waals surface area contributed by atoms with Gasteiger partial charge in [-0.2, -0.15) is 0 Å². The number of aromatic hydroxyl groups is 4. The van der Waals surface area contributed by atoms with Crippen LogP contribution in [0, 0.1) is 13.8 Å². The lowest BCUT2D eigenvalue weighted by Crippen LogP contribution is -2.05. The van der Waals surface area contributed by atoms with Crippen LogP contribution >= 0.6 is 0 Å². The van der Waals surface area contributed by atoms with Crippen molar-refractivity contribution in [2.75, 3.05) is 0 Å². The van der Waals surface area contributed by atoms with Crippen LogP contribution in [0.5, 0.6) is 23.0 Å². The predicted octanol–water partition coefficient (Wildman–Crippen LogP) is 6.87. The van der Waals surface area contributed by atoms with Gasteiger partial charge in [-0.25, -0.2) is 9.59 Å². The van der Waals surface area contributed by atoms with Crippen LogP contribution in [0.1, 0.15) is 76.4 Å². The molecular formula is C38H32O8. The lowest BCUT2D eigenvalue weighted by molar-refractivity contribution is 0.0686. The molecule has 0 aliphatic heterocycles. The normalized spacial score (nSPS) is 12.5. The summed E-state index contributed by atoms with van der Waals surface area (Å²) in [7, 11) is 0. The number of carbonyl (C=O) groups is 2. The Morgan fingerprint density at radius 2 is 0.739 bits per heavy atom. The van der Waals surface area contributed by atoms with Crippen molar-refractivity contribution >= 4 is 11.9 Å². The standard InChI is InChI=1S/C38H32O8/c1-19-7-24-13-25-8-20(2)10-27(34(25)40)15-30-17-32(38(45)46)18-31(36(30)42)16-29-12-23(21-3-5-22(6-4-21)37(43)44)11-28(35(29)41)14-26(9-19)33(24)39/h3-12,17-18,39-42H,13-16H2,1-2H3,(H,43,44)(H,45,46). The zero-order valence-electron chi connectivity index (χ0n) is 25.3. The van der Waals surface area contributed by atoms with Gasteiger partial charge in [0.1, 0.15) is 23.0 Å². The number of hydrogen-bond acceptors (Lipinski definition) is 6. The maximum atomic E-state index is 12.2. The molecule has 0 amide bonds. The molecule has 6 rings (SSSR count). The molecule has 0 atom stereocenters. The van der Waals surface area contributed by atoms with Gasteiger partial charge in [0.25, 0.3) is 0 Å².